The minimum absolute atomic E-state index is 0.331. The smallest absolute Gasteiger partial charge is 0.0989 e. The summed E-state index contributed by atoms with van der Waals surface area (Å²) in [6.07, 6.45) is 4.85. The quantitative estimate of drug-likeness (QED) is 0.853. The standard InChI is InChI=1S/C16H23NO2/c17-11-15(16(18)9-4-10-19-12-16)8-3-6-13-5-1-2-7-14(13)15/h1-2,5,7,18H,3-4,6,8-12,17H2. The summed E-state index contributed by atoms with van der Waals surface area (Å²) in [5, 5.41) is 11.2. The van der Waals surface area contributed by atoms with Crippen LogP contribution >= 0.6 is 0 Å². The average Bonchev–Trinajstić information content (AvgIpc) is 2.47. The molecule has 3 nitrogen and oxygen atoms in total. The number of nitrogens with two attached hydrogens (primary N) is 1. The number of aryl methyl sites for hydroxylation is 1. The molecule has 1 aromatic rings. The van der Waals surface area contributed by atoms with Crippen molar-refractivity contribution in [1.29, 1.82) is 0 Å². The zero-order valence-corrected chi connectivity index (χ0v) is 11.4. The van der Waals surface area contributed by atoms with Crippen molar-refractivity contribution in [3.05, 3.63) is 35.4 Å². The Morgan fingerprint density at radius 3 is 2.79 bits per heavy atom. The third kappa shape index (κ3) is 1.92. The molecule has 3 rings (SSSR count). The maximum Gasteiger partial charge on any atom is 0.0989 e. The zero-order valence-electron chi connectivity index (χ0n) is 11.4. The highest BCUT2D eigenvalue weighted by Crippen LogP contribution is 2.47. The molecule has 2 atom stereocenters. The van der Waals surface area contributed by atoms with E-state index >= 15 is 0 Å². The second-order valence-corrected chi connectivity index (χ2v) is 5.98. The van der Waals surface area contributed by atoms with Gasteiger partial charge in [0.2, 0.25) is 0 Å². The Kier molecular flexibility index (Phi) is 3.37. The molecule has 0 saturated carbocycles. The van der Waals surface area contributed by atoms with Gasteiger partial charge in [0.05, 0.1) is 12.2 Å². The number of fused-ring (bicyclic) bond motifs is 1. The lowest BCUT2D eigenvalue weighted by molar-refractivity contribution is -0.135. The number of benzene rings is 1. The summed E-state index contributed by atoms with van der Waals surface area (Å²) in [5.74, 6) is 0. The van der Waals surface area contributed by atoms with Gasteiger partial charge in [-0.1, -0.05) is 24.3 Å². The lowest BCUT2D eigenvalue weighted by Gasteiger charge is -2.51. The summed E-state index contributed by atoms with van der Waals surface area (Å²) < 4.78 is 5.57. The van der Waals surface area contributed by atoms with E-state index in [-0.39, 0.29) is 5.41 Å². The SMILES string of the molecule is NCC1(C2(O)CCCOC2)CCCc2ccccc21. The second kappa shape index (κ2) is 4.89. The van der Waals surface area contributed by atoms with Gasteiger partial charge in [-0.15, -0.1) is 0 Å². The Hall–Kier alpha value is -0.900. The predicted octanol–water partition coefficient (Wildman–Crippen LogP) is 1.76. The topological polar surface area (TPSA) is 55.5 Å². The fourth-order valence-corrected chi connectivity index (χ4v) is 3.96. The van der Waals surface area contributed by atoms with Crippen molar-refractivity contribution >= 4 is 0 Å². The van der Waals surface area contributed by atoms with Crippen molar-refractivity contribution in [2.75, 3.05) is 19.8 Å². The van der Waals surface area contributed by atoms with Gasteiger partial charge < -0.3 is 15.6 Å². The van der Waals surface area contributed by atoms with Crippen molar-refractivity contribution < 1.29 is 9.84 Å². The average molecular weight is 261 g/mol. The van der Waals surface area contributed by atoms with Crippen LogP contribution in [0.5, 0.6) is 0 Å². The molecule has 1 aromatic carbocycles. The van der Waals surface area contributed by atoms with E-state index in [1.165, 1.54) is 11.1 Å². The summed E-state index contributed by atoms with van der Waals surface area (Å²) >= 11 is 0. The molecule has 0 amide bonds. The minimum Gasteiger partial charge on any atom is -0.386 e. The van der Waals surface area contributed by atoms with Crippen molar-refractivity contribution in [2.45, 2.75) is 43.1 Å². The first-order chi connectivity index (χ1) is 9.22. The van der Waals surface area contributed by atoms with Crippen LogP contribution in [0.25, 0.3) is 0 Å². The van der Waals surface area contributed by atoms with E-state index in [1.54, 1.807) is 0 Å². The molecule has 1 aliphatic carbocycles. The molecule has 3 heteroatoms. The van der Waals surface area contributed by atoms with Gasteiger partial charge in [0.15, 0.2) is 0 Å². The molecule has 0 spiro atoms. The molecule has 1 heterocycles. The van der Waals surface area contributed by atoms with E-state index in [0.29, 0.717) is 13.2 Å². The van der Waals surface area contributed by atoms with Crippen LogP contribution in [0.2, 0.25) is 0 Å². The van der Waals surface area contributed by atoms with Crippen LogP contribution in [-0.2, 0) is 16.6 Å². The largest absolute Gasteiger partial charge is 0.386 e. The van der Waals surface area contributed by atoms with Gasteiger partial charge in [-0.25, -0.2) is 0 Å². The third-order valence-corrected chi connectivity index (χ3v) is 5.04. The Morgan fingerprint density at radius 2 is 2.05 bits per heavy atom. The molecular formula is C16H23NO2. The van der Waals surface area contributed by atoms with Crippen molar-refractivity contribution in [3.8, 4) is 0 Å². The number of hydrogen-bond acceptors (Lipinski definition) is 3. The van der Waals surface area contributed by atoms with Gasteiger partial charge in [-0.05, 0) is 43.2 Å². The van der Waals surface area contributed by atoms with Crippen LogP contribution in [0.4, 0.5) is 0 Å². The fourth-order valence-electron chi connectivity index (χ4n) is 3.96. The molecule has 1 saturated heterocycles. The zero-order chi connectivity index (χ0) is 13.3. The van der Waals surface area contributed by atoms with Crippen molar-refractivity contribution in [2.24, 2.45) is 5.73 Å². The number of ether oxygens (including phenoxy) is 1. The molecular weight excluding hydrogens is 238 g/mol. The van der Waals surface area contributed by atoms with Gasteiger partial charge in [-0.2, -0.15) is 0 Å². The number of hydrogen-bond donors (Lipinski definition) is 2. The maximum atomic E-state index is 11.2. The molecule has 0 bridgehead atoms. The first-order valence-electron chi connectivity index (χ1n) is 7.30. The summed E-state index contributed by atoms with van der Waals surface area (Å²) in [6.45, 7) is 1.66. The third-order valence-electron chi connectivity index (χ3n) is 5.04. The number of aliphatic hydroxyl groups is 1. The lowest BCUT2D eigenvalue weighted by atomic mass is 9.59. The van der Waals surface area contributed by atoms with E-state index < -0.39 is 5.60 Å². The van der Waals surface area contributed by atoms with Crippen LogP contribution in [0.1, 0.15) is 36.8 Å². The van der Waals surface area contributed by atoms with Gasteiger partial charge in [-0.3, -0.25) is 0 Å². The van der Waals surface area contributed by atoms with Gasteiger partial charge >= 0.3 is 0 Å². The molecule has 104 valence electrons. The van der Waals surface area contributed by atoms with Crippen LogP contribution in [0, 0.1) is 0 Å². The lowest BCUT2D eigenvalue weighted by Crippen LogP contribution is -2.61. The Morgan fingerprint density at radius 1 is 1.21 bits per heavy atom. The van der Waals surface area contributed by atoms with Crippen molar-refractivity contribution in [1.82, 2.24) is 0 Å². The van der Waals surface area contributed by atoms with Crippen LogP contribution in [0.3, 0.4) is 0 Å². The summed E-state index contributed by atoms with van der Waals surface area (Å²) in [4.78, 5) is 0. The molecule has 2 unspecified atom stereocenters. The second-order valence-electron chi connectivity index (χ2n) is 5.98. The summed E-state index contributed by atoms with van der Waals surface area (Å²) in [6, 6.07) is 8.45. The Bertz CT molecular complexity index is 454. The summed E-state index contributed by atoms with van der Waals surface area (Å²) in [7, 11) is 0. The highest BCUT2D eigenvalue weighted by molar-refractivity contribution is 5.40. The highest BCUT2D eigenvalue weighted by atomic mass is 16.5. The molecule has 1 aliphatic heterocycles. The monoisotopic (exact) mass is 261 g/mol. The fraction of sp³-hybridized carbons (Fsp3) is 0.625. The van der Waals surface area contributed by atoms with E-state index in [1.807, 2.05) is 0 Å². The molecule has 0 aromatic heterocycles. The van der Waals surface area contributed by atoms with Crippen LogP contribution in [0.15, 0.2) is 24.3 Å². The van der Waals surface area contributed by atoms with E-state index in [2.05, 4.69) is 24.3 Å². The molecule has 3 N–H and O–H groups in total. The Balaban J connectivity index is 2.09. The van der Waals surface area contributed by atoms with Gasteiger partial charge in [0.25, 0.3) is 0 Å². The highest BCUT2D eigenvalue weighted by Gasteiger charge is 2.52. The first-order valence-corrected chi connectivity index (χ1v) is 7.30. The van der Waals surface area contributed by atoms with Crippen LogP contribution in [-0.4, -0.2) is 30.5 Å². The normalized spacial score (nSPS) is 34.8. The van der Waals surface area contributed by atoms with Crippen molar-refractivity contribution in [3.63, 3.8) is 0 Å². The molecule has 0 radical (unpaired) electrons. The van der Waals surface area contributed by atoms with Crippen LogP contribution < -0.4 is 5.73 Å². The summed E-state index contributed by atoms with van der Waals surface area (Å²) in [5.41, 5.74) is 7.61. The van der Waals surface area contributed by atoms with E-state index in [0.717, 1.165) is 38.7 Å². The number of rotatable bonds is 2. The van der Waals surface area contributed by atoms with E-state index in [9.17, 15) is 5.11 Å². The van der Waals surface area contributed by atoms with E-state index in [4.69, 9.17) is 10.5 Å². The first kappa shape index (κ1) is 13.1. The van der Waals surface area contributed by atoms with Gasteiger partial charge in [0, 0.05) is 18.6 Å². The van der Waals surface area contributed by atoms with Gasteiger partial charge in [0.1, 0.15) is 0 Å². The predicted molar refractivity (Wildman–Crippen MR) is 75.1 cm³/mol. The molecule has 2 aliphatic rings. The Labute approximate surface area is 114 Å². The minimum atomic E-state index is -0.809. The molecule has 19 heavy (non-hydrogen) atoms. The molecule has 1 fully saturated rings. The maximum absolute atomic E-state index is 11.2.